The van der Waals surface area contributed by atoms with Crippen molar-refractivity contribution in [2.24, 2.45) is 5.92 Å². The average molecular weight is 643 g/mol. The van der Waals surface area contributed by atoms with E-state index in [2.05, 4.69) is 44.3 Å². The fourth-order valence-corrected chi connectivity index (χ4v) is 5.94. The molecule has 4 aromatic rings. The molecule has 2 fully saturated rings. The van der Waals surface area contributed by atoms with Crippen LogP contribution in [-0.2, 0) is 32.7 Å². The van der Waals surface area contributed by atoms with Gasteiger partial charge in [-0.25, -0.2) is 19.8 Å². The second-order valence-corrected chi connectivity index (χ2v) is 10.6. The predicted molar refractivity (Wildman–Crippen MR) is 146 cm³/mol. The van der Waals surface area contributed by atoms with Gasteiger partial charge in [0.1, 0.15) is 18.5 Å². The van der Waals surface area contributed by atoms with E-state index in [9.17, 15) is 20.3 Å². The number of H-pyrrole nitrogens is 1. The van der Waals surface area contributed by atoms with Crippen LogP contribution in [0.3, 0.4) is 0 Å². The number of anilines is 1. The molecule has 0 radical (unpaired) electrons. The van der Waals surface area contributed by atoms with Crippen molar-refractivity contribution in [1.82, 2.24) is 39.0 Å². The van der Waals surface area contributed by atoms with Gasteiger partial charge in [-0.2, -0.15) is 9.97 Å². The summed E-state index contributed by atoms with van der Waals surface area (Å²) >= 11 is 0. The molecule has 232 valence electrons. The Morgan fingerprint density at radius 2 is 1.86 bits per heavy atom. The first kappa shape index (κ1) is 30.0. The SMILES string of the molecule is CO[C@@H]1C(OPOC[C@H]2[C@@H](O)[C@H](n3cnc4c(O)ncnc43)O[C@@H]2COP)O[C@@H](n2cnc3c(=O)[nH]c(N)nc32)[C@@H]1OO. The van der Waals surface area contributed by atoms with Gasteiger partial charge in [-0.1, -0.05) is 0 Å². The molecule has 6 N–H and O–H groups in total. The van der Waals surface area contributed by atoms with Gasteiger partial charge in [0.05, 0.1) is 32.0 Å². The standard InChI is InChI=1S/C21H27N9O11P2/c1-35-13-12(40-34)19(30-6-26-10-15(30)27-21(22)28-17(10)33)39-20(13)41-43-37-2-7-8(3-36-42)38-18(11(7)31)29-5-25-9-14(29)23-4-24-16(9)32/h4-8,11-13,18-20,31,34,43H,2-3,42H2,1H3,(H,23,24,32)(H3,22,27,28,33)/t7-,8-,11-,12-,13+,18-,19-,20?/m1/s1. The highest BCUT2D eigenvalue weighted by Gasteiger charge is 2.50. The highest BCUT2D eigenvalue weighted by molar-refractivity contribution is 7.26. The number of hydrogen-bond donors (Lipinski definition) is 5. The fourth-order valence-electron chi connectivity index (χ4n) is 5.14. The highest BCUT2D eigenvalue weighted by atomic mass is 31.1. The molecular weight excluding hydrogens is 616 g/mol. The van der Waals surface area contributed by atoms with E-state index in [4.69, 9.17) is 33.5 Å². The molecule has 43 heavy (non-hydrogen) atoms. The molecular formula is C21H27N9O11P2. The van der Waals surface area contributed by atoms with Crippen LogP contribution in [0.25, 0.3) is 22.3 Å². The molecule has 0 aromatic carbocycles. The normalized spacial score (nSPS) is 29.6. The summed E-state index contributed by atoms with van der Waals surface area (Å²) < 4.78 is 37.1. The minimum atomic E-state index is -1.11. The van der Waals surface area contributed by atoms with E-state index in [0.717, 1.165) is 0 Å². The Morgan fingerprint density at radius 3 is 2.60 bits per heavy atom. The van der Waals surface area contributed by atoms with Gasteiger partial charge >= 0.3 is 0 Å². The monoisotopic (exact) mass is 643 g/mol. The van der Waals surface area contributed by atoms with Crippen molar-refractivity contribution in [2.45, 2.75) is 43.2 Å². The largest absolute Gasteiger partial charge is 0.492 e. The van der Waals surface area contributed by atoms with Gasteiger partial charge in [0.2, 0.25) is 11.8 Å². The molecule has 22 heteroatoms. The average Bonchev–Trinajstić information content (AvgIpc) is 3.75. The number of aliphatic hydroxyl groups is 1. The zero-order valence-corrected chi connectivity index (χ0v) is 24.3. The number of nitrogens with two attached hydrogens (primary N) is 1. The molecule has 2 saturated heterocycles. The molecule has 4 aromatic heterocycles. The smallest absolute Gasteiger partial charge is 0.280 e. The van der Waals surface area contributed by atoms with Gasteiger partial charge in [-0.3, -0.25) is 24.2 Å². The van der Waals surface area contributed by atoms with Crippen LogP contribution in [0.2, 0.25) is 0 Å². The number of nitrogens with one attached hydrogen (secondary N) is 1. The Morgan fingerprint density at radius 1 is 1.09 bits per heavy atom. The Hall–Kier alpha value is -3.00. The zero-order chi connectivity index (χ0) is 30.2. The maximum absolute atomic E-state index is 12.2. The van der Waals surface area contributed by atoms with E-state index >= 15 is 0 Å². The summed E-state index contributed by atoms with van der Waals surface area (Å²) in [6, 6.07) is 0. The lowest BCUT2D eigenvalue weighted by molar-refractivity contribution is -0.306. The Labute approximate surface area is 244 Å². The predicted octanol–water partition coefficient (Wildman–Crippen LogP) is -0.802. The summed E-state index contributed by atoms with van der Waals surface area (Å²) in [4.78, 5) is 39.3. The van der Waals surface area contributed by atoms with E-state index in [1.165, 1.54) is 35.2 Å². The molecule has 6 rings (SSSR count). The minimum absolute atomic E-state index is 0.00521. The number of aromatic hydroxyl groups is 1. The number of imidazole rings is 2. The third-order valence-electron chi connectivity index (χ3n) is 7.16. The summed E-state index contributed by atoms with van der Waals surface area (Å²) in [7, 11) is 2.90. The minimum Gasteiger partial charge on any atom is -0.492 e. The quantitative estimate of drug-likeness (QED) is 0.0580. The van der Waals surface area contributed by atoms with Crippen molar-refractivity contribution in [2.75, 3.05) is 26.1 Å². The van der Waals surface area contributed by atoms with Gasteiger partial charge in [0.15, 0.2) is 56.2 Å². The highest BCUT2D eigenvalue weighted by Crippen LogP contribution is 2.40. The number of hydrogen-bond acceptors (Lipinski definition) is 17. The number of aromatic nitrogens is 8. The first-order valence-electron chi connectivity index (χ1n) is 12.6. The first-order valence-corrected chi connectivity index (χ1v) is 13.9. The number of nitrogen functional groups attached to an aromatic ring is 1. The molecule has 3 unspecified atom stereocenters. The van der Waals surface area contributed by atoms with Crippen molar-refractivity contribution < 1.29 is 48.1 Å². The lowest BCUT2D eigenvalue weighted by Crippen LogP contribution is -2.35. The van der Waals surface area contributed by atoms with Crippen LogP contribution in [0.5, 0.6) is 5.88 Å². The second-order valence-electron chi connectivity index (χ2n) is 9.53. The van der Waals surface area contributed by atoms with Crippen LogP contribution in [0.1, 0.15) is 12.5 Å². The molecule has 20 nitrogen and oxygen atoms in total. The van der Waals surface area contributed by atoms with Crippen LogP contribution in [-0.4, -0.2) is 106 Å². The second kappa shape index (κ2) is 12.5. The first-order chi connectivity index (χ1) is 20.9. The molecule has 0 bridgehead atoms. The van der Waals surface area contributed by atoms with Gasteiger partial charge in [0, 0.05) is 22.5 Å². The molecule has 0 spiro atoms. The number of aromatic amines is 1. The number of nitrogens with zero attached hydrogens (tertiary/aromatic N) is 7. The summed E-state index contributed by atoms with van der Waals surface area (Å²) in [5, 5.41) is 30.8. The zero-order valence-electron chi connectivity index (χ0n) is 22.2. The van der Waals surface area contributed by atoms with Crippen LogP contribution < -0.4 is 11.3 Å². The van der Waals surface area contributed by atoms with E-state index in [1.54, 1.807) is 0 Å². The maximum Gasteiger partial charge on any atom is 0.280 e. The fraction of sp³-hybridized carbons (Fsp3) is 0.524. The Kier molecular flexibility index (Phi) is 8.77. The van der Waals surface area contributed by atoms with Gasteiger partial charge < -0.3 is 43.7 Å². The number of methoxy groups -OCH3 is 1. The van der Waals surface area contributed by atoms with E-state index < -0.39 is 63.7 Å². The van der Waals surface area contributed by atoms with E-state index in [0.29, 0.717) is 0 Å². The summed E-state index contributed by atoms with van der Waals surface area (Å²) in [5.41, 5.74) is 5.68. The van der Waals surface area contributed by atoms with Crippen molar-refractivity contribution in [3.05, 3.63) is 29.3 Å². The number of ether oxygens (including phenoxy) is 3. The molecule has 2 aliphatic rings. The van der Waals surface area contributed by atoms with E-state index in [-0.39, 0.29) is 47.4 Å². The Balaban J connectivity index is 1.12. The lowest BCUT2D eigenvalue weighted by atomic mass is 9.99. The summed E-state index contributed by atoms with van der Waals surface area (Å²) in [6.45, 7) is 0.117. The lowest BCUT2D eigenvalue weighted by Gasteiger charge is -2.21. The summed E-state index contributed by atoms with van der Waals surface area (Å²) in [6.07, 6.45) is -2.90. The van der Waals surface area contributed by atoms with Crippen molar-refractivity contribution >= 4 is 46.8 Å². The molecule has 0 amide bonds. The number of fused-ring (bicyclic) bond motifs is 2. The van der Waals surface area contributed by atoms with Crippen molar-refractivity contribution in [3.63, 3.8) is 0 Å². The van der Waals surface area contributed by atoms with E-state index in [1.807, 2.05) is 0 Å². The van der Waals surface area contributed by atoms with Crippen LogP contribution in [0.4, 0.5) is 5.95 Å². The van der Waals surface area contributed by atoms with Crippen molar-refractivity contribution in [3.8, 4) is 5.88 Å². The molecule has 2 aliphatic heterocycles. The maximum atomic E-state index is 12.2. The van der Waals surface area contributed by atoms with Gasteiger partial charge in [0.25, 0.3) is 5.56 Å². The van der Waals surface area contributed by atoms with Gasteiger partial charge in [-0.05, 0) is 0 Å². The number of rotatable bonds is 11. The van der Waals surface area contributed by atoms with Gasteiger partial charge in [-0.15, -0.1) is 0 Å². The molecule has 6 heterocycles. The topological polar surface area (TPSA) is 258 Å². The van der Waals surface area contributed by atoms with Crippen LogP contribution in [0, 0.1) is 5.92 Å². The molecule has 10 atom stereocenters. The third-order valence-corrected chi connectivity index (χ3v) is 7.97. The Bertz CT molecular complexity index is 1640. The van der Waals surface area contributed by atoms with Crippen molar-refractivity contribution in [1.29, 1.82) is 0 Å². The molecule has 0 aliphatic carbocycles. The summed E-state index contributed by atoms with van der Waals surface area (Å²) in [5.74, 6) is -0.998. The number of aliphatic hydroxyl groups excluding tert-OH is 1. The van der Waals surface area contributed by atoms with Crippen LogP contribution >= 0.6 is 18.5 Å². The molecule has 0 saturated carbocycles. The third kappa shape index (κ3) is 5.45. The van der Waals surface area contributed by atoms with Crippen LogP contribution in [0.15, 0.2) is 23.8 Å².